The number of cyclic esters (lactones) is 2. The van der Waals surface area contributed by atoms with Crippen LogP contribution in [0.3, 0.4) is 0 Å². The van der Waals surface area contributed by atoms with Crippen molar-refractivity contribution in [2.24, 2.45) is 0 Å². The van der Waals surface area contributed by atoms with Crippen molar-refractivity contribution >= 4 is 37.5 Å². The highest BCUT2D eigenvalue weighted by molar-refractivity contribution is 7.55. The minimum atomic E-state index is -3.30. The summed E-state index contributed by atoms with van der Waals surface area (Å²) < 4.78 is 42.0. The molecule has 0 bridgehead atoms. The zero-order valence-corrected chi connectivity index (χ0v) is 27.3. The first-order valence-electron chi connectivity index (χ1n) is 14.3. The fourth-order valence-electron chi connectivity index (χ4n) is 4.00. The van der Waals surface area contributed by atoms with E-state index in [1.165, 1.54) is 4.90 Å². The predicted molar refractivity (Wildman–Crippen MR) is 153 cm³/mol. The summed E-state index contributed by atoms with van der Waals surface area (Å²) in [6.07, 6.45) is 0.349. The highest BCUT2D eigenvalue weighted by atomic mass is 31.2. The van der Waals surface area contributed by atoms with Crippen molar-refractivity contribution in [2.45, 2.75) is 85.1 Å². The summed E-state index contributed by atoms with van der Waals surface area (Å²) in [6, 6.07) is 0. The summed E-state index contributed by atoms with van der Waals surface area (Å²) >= 11 is 0. The normalized spacial score (nSPS) is 20.1. The molecule has 2 amide bonds. The first kappa shape index (κ1) is 36.2. The van der Waals surface area contributed by atoms with Crippen molar-refractivity contribution in [3.05, 3.63) is 11.1 Å². The SMILES string of the molecule is CC(C)(C)OC(=O)N1CC(=C2CCOC2=O)C1.CC(C)(C)OC(=O)N1CC(=O)C1.CCOP(=O)(OCC)C1CCOC1=O. The van der Waals surface area contributed by atoms with E-state index >= 15 is 0 Å². The van der Waals surface area contributed by atoms with Crippen molar-refractivity contribution in [1.29, 1.82) is 0 Å². The molecule has 15 heteroatoms. The van der Waals surface area contributed by atoms with Gasteiger partial charge in [-0.25, -0.2) is 14.4 Å². The lowest BCUT2D eigenvalue weighted by Crippen LogP contribution is -2.52. The molecule has 0 aromatic heterocycles. The number of Topliss-reactive ketones (excluding diaryl/α,β-unsaturated/α-hetero) is 1. The molecule has 4 aliphatic heterocycles. The number of likely N-dealkylation sites (tertiary alicyclic amines) is 2. The zero-order valence-electron chi connectivity index (χ0n) is 26.4. The first-order valence-corrected chi connectivity index (χ1v) is 15.9. The highest BCUT2D eigenvalue weighted by Crippen LogP contribution is 2.55. The van der Waals surface area contributed by atoms with E-state index in [1.54, 1.807) is 39.5 Å². The molecule has 4 saturated heterocycles. The van der Waals surface area contributed by atoms with Crippen molar-refractivity contribution < 1.29 is 56.5 Å². The van der Waals surface area contributed by atoms with Gasteiger partial charge in [0.2, 0.25) is 0 Å². The Morgan fingerprint density at radius 2 is 1.30 bits per heavy atom. The maximum Gasteiger partial charge on any atom is 0.411 e. The van der Waals surface area contributed by atoms with Gasteiger partial charge in [-0.3, -0.25) is 19.1 Å². The Morgan fingerprint density at radius 3 is 1.65 bits per heavy atom. The van der Waals surface area contributed by atoms with Crippen LogP contribution in [0.4, 0.5) is 9.59 Å². The third-order valence-electron chi connectivity index (χ3n) is 5.97. The summed E-state index contributed by atoms with van der Waals surface area (Å²) in [5.74, 6) is -0.625. The molecule has 244 valence electrons. The molecule has 0 spiro atoms. The van der Waals surface area contributed by atoms with E-state index in [4.69, 9.17) is 28.0 Å². The quantitative estimate of drug-likeness (QED) is 0.186. The molecule has 0 N–H and O–H groups in total. The van der Waals surface area contributed by atoms with Crippen LogP contribution in [0, 0.1) is 0 Å². The summed E-state index contributed by atoms with van der Waals surface area (Å²) in [4.78, 5) is 58.8. The summed E-state index contributed by atoms with van der Waals surface area (Å²) in [5.41, 5.74) is 0.0488. The summed E-state index contributed by atoms with van der Waals surface area (Å²) in [7, 11) is -3.30. The van der Waals surface area contributed by atoms with E-state index in [0.717, 1.165) is 11.1 Å². The molecule has 4 aliphatic rings. The fourth-order valence-corrected chi connectivity index (χ4v) is 5.91. The molecule has 0 aromatic rings. The van der Waals surface area contributed by atoms with Crippen LogP contribution < -0.4 is 0 Å². The van der Waals surface area contributed by atoms with Crippen LogP contribution in [0.5, 0.6) is 0 Å². The zero-order chi connectivity index (χ0) is 32.6. The Morgan fingerprint density at radius 1 is 0.814 bits per heavy atom. The van der Waals surface area contributed by atoms with Crippen LogP contribution in [0.15, 0.2) is 11.1 Å². The van der Waals surface area contributed by atoms with E-state index < -0.39 is 36.5 Å². The molecule has 14 nitrogen and oxygen atoms in total. The molecule has 0 aliphatic carbocycles. The molecule has 0 aromatic carbocycles. The third-order valence-corrected chi connectivity index (χ3v) is 8.44. The number of rotatable bonds is 5. The van der Waals surface area contributed by atoms with Crippen LogP contribution >= 0.6 is 7.60 Å². The van der Waals surface area contributed by atoms with Crippen LogP contribution in [0.25, 0.3) is 0 Å². The first-order chi connectivity index (χ1) is 19.9. The second kappa shape index (κ2) is 15.2. The number of ketones is 1. The number of nitrogens with zero attached hydrogens (tertiary/aromatic N) is 2. The second-order valence-corrected chi connectivity index (χ2v) is 14.2. The molecule has 4 rings (SSSR count). The third kappa shape index (κ3) is 11.2. The predicted octanol–water partition coefficient (Wildman–Crippen LogP) is 3.85. The van der Waals surface area contributed by atoms with Gasteiger partial charge in [0.25, 0.3) is 0 Å². The van der Waals surface area contributed by atoms with Crippen molar-refractivity contribution in [2.75, 3.05) is 52.6 Å². The van der Waals surface area contributed by atoms with E-state index in [1.807, 2.05) is 20.8 Å². The standard InChI is InChI=1S/C12H17NO4.C8H13NO3.C8H15O5P/c1-12(2,3)17-11(15)13-6-8(7-13)9-4-5-16-10(9)14;1-8(2,3)12-7(11)9-4-6(10)5-9;1-3-12-14(10,13-4-2)7-5-6-11-8(7)9/h4-7H2,1-3H3;4-5H2,1-3H3;7H,3-6H2,1-2H3. The van der Waals surface area contributed by atoms with Gasteiger partial charge in [-0.1, -0.05) is 0 Å². The molecule has 43 heavy (non-hydrogen) atoms. The van der Waals surface area contributed by atoms with Crippen LogP contribution in [0.2, 0.25) is 0 Å². The second-order valence-electron chi connectivity index (χ2n) is 12.0. The number of hydrogen-bond acceptors (Lipinski definition) is 12. The fraction of sp³-hybridized carbons (Fsp3) is 0.750. The van der Waals surface area contributed by atoms with E-state index in [-0.39, 0.29) is 44.1 Å². The van der Waals surface area contributed by atoms with Gasteiger partial charge in [0.15, 0.2) is 11.4 Å². The number of esters is 2. The maximum atomic E-state index is 12.1. The number of hydrogen-bond donors (Lipinski definition) is 0. The van der Waals surface area contributed by atoms with Crippen LogP contribution in [0.1, 0.15) is 68.2 Å². The molecule has 0 saturated carbocycles. The van der Waals surface area contributed by atoms with Gasteiger partial charge in [-0.15, -0.1) is 0 Å². The number of ether oxygens (including phenoxy) is 4. The number of carbonyl (C=O) groups is 5. The molecule has 4 heterocycles. The Kier molecular flexibility index (Phi) is 12.8. The largest absolute Gasteiger partial charge is 0.465 e. The minimum Gasteiger partial charge on any atom is -0.465 e. The van der Waals surface area contributed by atoms with Gasteiger partial charge in [0.1, 0.15) is 11.2 Å². The Bertz CT molecular complexity index is 1110. The Balaban J connectivity index is 0.000000229. The van der Waals surface area contributed by atoms with Crippen molar-refractivity contribution in [1.82, 2.24) is 9.80 Å². The monoisotopic (exact) mass is 632 g/mol. The lowest BCUT2D eigenvalue weighted by molar-refractivity contribution is -0.138. The summed E-state index contributed by atoms with van der Waals surface area (Å²) in [5, 5.41) is 0. The Hall–Kier alpha value is -2.96. The molecular weight excluding hydrogens is 587 g/mol. The van der Waals surface area contributed by atoms with Gasteiger partial charge in [0.05, 0.1) is 39.5 Å². The lowest BCUT2D eigenvalue weighted by Gasteiger charge is -2.36. The van der Waals surface area contributed by atoms with Gasteiger partial charge in [0, 0.05) is 31.5 Å². The topological polar surface area (TPSA) is 164 Å². The molecule has 4 fully saturated rings. The average molecular weight is 633 g/mol. The smallest absolute Gasteiger partial charge is 0.411 e. The van der Waals surface area contributed by atoms with E-state index in [2.05, 4.69) is 0 Å². The van der Waals surface area contributed by atoms with Gasteiger partial charge < -0.3 is 32.9 Å². The van der Waals surface area contributed by atoms with Crippen molar-refractivity contribution in [3.8, 4) is 0 Å². The van der Waals surface area contributed by atoms with E-state index in [9.17, 15) is 28.5 Å². The maximum absolute atomic E-state index is 12.1. The van der Waals surface area contributed by atoms with Crippen LogP contribution in [-0.4, -0.2) is 109 Å². The number of amides is 2. The molecule has 1 atom stereocenters. The summed E-state index contributed by atoms with van der Waals surface area (Å²) in [6.45, 7) is 17.0. The van der Waals surface area contributed by atoms with E-state index in [0.29, 0.717) is 39.1 Å². The highest BCUT2D eigenvalue weighted by Gasteiger charge is 2.45. The average Bonchev–Trinajstić information content (AvgIpc) is 3.43. The Labute approximate surface area is 252 Å². The molecule has 1 unspecified atom stereocenters. The van der Waals surface area contributed by atoms with Gasteiger partial charge in [-0.2, -0.15) is 0 Å². The van der Waals surface area contributed by atoms with Gasteiger partial charge >= 0.3 is 31.7 Å². The minimum absolute atomic E-state index is 0.0841. The number of carbonyl (C=O) groups excluding carboxylic acids is 5. The molecule has 0 radical (unpaired) electrons. The van der Waals surface area contributed by atoms with Crippen LogP contribution in [-0.2, 0) is 46.9 Å². The molecular formula is C28H45N2O12P. The van der Waals surface area contributed by atoms with Gasteiger partial charge in [-0.05, 0) is 61.0 Å². The van der Waals surface area contributed by atoms with Crippen molar-refractivity contribution in [3.63, 3.8) is 0 Å². The lowest BCUT2D eigenvalue weighted by atomic mass is 10.0.